The number of hydrogen-bond donors (Lipinski definition) is 4. The molecule has 0 radical (unpaired) electrons. The Morgan fingerprint density at radius 1 is 0.709 bits per heavy atom. The van der Waals surface area contributed by atoms with Crippen molar-refractivity contribution in [1.82, 2.24) is 14.9 Å². The fraction of sp³-hybridized carbons (Fsp3) is 0.548. The Hall–Kier alpha value is -3.65. The zero-order chi connectivity index (χ0) is 38.5. The summed E-state index contributed by atoms with van der Waals surface area (Å²) >= 11 is 1.83. The van der Waals surface area contributed by atoms with Crippen LogP contribution in [0.5, 0.6) is 0 Å². The number of nitrogens with one attached hydrogen (secondary N) is 4. The molecule has 55 heavy (non-hydrogen) atoms. The zero-order valence-electron chi connectivity index (χ0n) is 28.5. The summed E-state index contributed by atoms with van der Waals surface area (Å²) < 4.78 is 101. The number of ketones is 2. The number of piperidine rings is 2. The molecule has 10 heterocycles. The molecule has 10 rings (SSSR count). The van der Waals surface area contributed by atoms with Gasteiger partial charge in [0.05, 0.1) is 54.6 Å². The molecular weight excluding hydrogens is 823 g/mol. The highest BCUT2D eigenvalue weighted by atomic mass is 32.2. The highest BCUT2D eigenvalue weighted by Gasteiger charge is 2.60. The molecule has 2 aromatic heterocycles. The van der Waals surface area contributed by atoms with Gasteiger partial charge in [-0.25, -0.2) is 8.42 Å². The van der Waals surface area contributed by atoms with E-state index in [2.05, 4.69) is 30.1 Å². The van der Waals surface area contributed by atoms with Crippen molar-refractivity contribution in [3.05, 3.63) is 21.9 Å². The summed E-state index contributed by atoms with van der Waals surface area (Å²) in [6.07, 6.45) is 2.29. The molecule has 4 bridgehead atoms. The first-order valence-corrected chi connectivity index (χ1v) is 23.9. The molecule has 6 saturated heterocycles. The van der Waals surface area contributed by atoms with Crippen molar-refractivity contribution in [1.29, 1.82) is 0 Å². The van der Waals surface area contributed by atoms with Crippen molar-refractivity contribution < 1.29 is 53.9 Å². The molecule has 10 unspecified atom stereocenters. The molecule has 19 nitrogen and oxygen atoms in total. The molecule has 8 aliphatic rings. The van der Waals surface area contributed by atoms with Crippen molar-refractivity contribution in [2.75, 3.05) is 16.9 Å². The van der Waals surface area contributed by atoms with Crippen molar-refractivity contribution in [2.45, 2.75) is 85.1 Å². The van der Waals surface area contributed by atoms with Gasteiger partial charge >= 0.3 is 0 Å². The maximum absolute atomic E-state index is 13.7. The molecule has 0 aliphatic carbocycles. The van der Waals surface area contributed by atoms with E-state index in [1.807, 2.05) is 0 Å². The maximum Gasteiger partial charge on any atom is 0.287 e. The van der Waals surface area contributed by atoms with E-state index in [0.717, 1.165) is 33.2 Å². The maximum atomic E-state index is 13.7. The van der Waals surface area contributed by atoms with Crippen LogP contribution in [0, 0.1) is 23.7 Å². The minimum atomic E-state index is -4.57. The van der Waals surface area contributed by atoms with Crippen LogP contribution in [0.15, 0.2) is 29.3 Å². The number of anilines is 2. The van der Waals surface area contributed by atoms with Crippen molar-refractivity contribution >= 4 is 97.8 Å². The van der Waals surface area contributed by atoms with Crippen LogP contribution in [0.25, 0.3) is 0 Å². The van der Waals surface area contributed by atoms with Gasteiger partial charge in [-0.1, -0.05) is 0 Å². The van der Waals surface area contributed by atoms with Crippen LogP contribution in [-0.2, 0) is 71.8 Å². The first-order valence-electron chi connectivity index (χ1n) is 17.4. The second-order valence-electron chi connectivity index (χ2n) is 14.9. The first-order chi connectivity index (χ1) is 26.0. The third-order valence-corrected chi connectivity index (χ3v) is 17.9. The Bertz CT molecular complexity index is 2390. The highest BCUT2D eigenvalue weighted by molar-refractivity contribution is 7.91. The molecule has 24 heteroatoms. The lowest BCUT2D eigenvalue weighted by Gasteiger charge is -2.36. The second kappa shape index (κ2) is 11.9. The van der Waals surface area contributed by atoms with Gasteiger partial charge in [0.1, 0.15) is 31.5 Å². The fourth-order valence-electron chi connectivity index (χ4n) is 9.37. The SMILES string of the molecule is CS(=O)(=O)N(Cc1csc2c1S(=O)(=O)N=C(C1C(=O)NC3C4CCC(O4)C3C1=O)N2)Cc1csc2c1S(=O)(=O)N=C(C1C(=O)NC3C4CCC(O4)C3C1=O)N2. The zero-order valence-corrected chi connectivity index (χ0v) is 32.5. The van der Waals surface area contributed by atoms with E-state index in [0.29, 0.717) is 25.7 Å². The normalized spacial score (nSPS) is 36.2. The summed E-state index contributed by atoms with van der Waals surface area (Å²) in [5, 5.41) is 14.2. The molecule has 0 spiro atoms. The number of thiophene rings is 2. The van der Waals surface area contributed by atoms with E-state index in [4.69, 9.17) is 9.47 Å². The summed E-state index contributed by atoms with van der Waals surface area (Å²) in [4.78, 5) is 52.7. The van der Waals surface area contributed by atoms with Crippen molar-refractivity contribution in [2.24, 2.45) is 32.5 Å². The number of carbonyl (C=O) groups is 4. The van der Waals surface area contributed by atoms with Crippen LogP contribution in [-0.4, -0.2) is 107 Å². The molecular formula is C31H31N7O12S5. The van der Waals surface area contributed by atoms with E-state index < -0.39 is 102 Å². The minimum absolute atomic E-state index is 0.0248. The fourth-order valence-corrected chi connectivity index (χ4v) is 15.4. The number of Topliss-reactive ketones (excluding diaryl/α,β-unsaturated/α-hetero) is 2. The number of carbonyl (C=O) groups excluding carboxylic acids is 4. The smallest absolute Gasteiger partial charge is 0.287 e. The van der Waals surface area contributed by atoms with E-state index in [1.54, 1.807) is 0 Å². The Labute approximate surface area is 321 Å². The van der Waals surface area contributed by atoms with Gasteiger partial charge < -0.3 is 30.7 Å². The quantitative estimate of drug-likeness (QED) is 0.257. The molecule has 292 valence electrons. The monoisotopic (exact) mass is 853 g/mol. The topological polar surface area (TPSA) is 265 Å². The molecule has 6 fully saturated rings. The van der Waals surface area contributed by atoms with E-state index in [9.17, 15) is 44.4 Å². The average Bonchev–Trinajstić information content (AvgIpc) is 3.94. The molecule has 2 aromatic rings. The number of nitrogens with zero attached hydrogens (tertiary/aromatic N) is 3. The average molecular weight is 854 g/mol. The van der Waals surface area contributed by atoms with Crippen LogP contribution in [0.1, 0.15) is 36.8 Å². The Kier molecular flexibility index (Phi) is 7.76. The number of fused-ring (bicyclic) bond motifs is 12. The third-order valence-electron chi connectivity index (χ3n) is 11.7. The molecule has 8 aliphatic heterocycles. The third kappa shape index (κ3) is 5.35. The minimum Gasteiger partial charge on any atom is -0.372 e. The molecule has 10 atom stereocenters. The predicted octanol–water partition coefficient (Wildman–Crippen LogP) is -0.481. The van der Waals surface area contributed by atoms with Gasteiger partial charge in [-0.05, 0) is 36.4 Å². The summed E-state index contributed by atoms with van der Waals surface area (Å²) in [7, 11) is -13.3. The van der Waals surface area contributed by atoms with Crippen LogP contribution in [0.4, 0.5) is 10.0 Å². The number of amides is 2. The summed E-state index contributed by atoms with van der Waals surface area (Å²) in [5.41, 5.74) is 0.0497. The highest BCUT2D eigenvalue weighted by Crippen LogP contribution is 2.46. The van der Waals surface area contributed by atoms with Crippen LogP contribution in [0.3, 0.4) is 0 Å². The molecule has 0 saturated carbocycles. The van der Waals surface area contributed by atoms with Crippen molar-refractivity contribution in [3.63, 3.8) is 0 Å². The standard InChI is InChI=1S/C31H31N7O12S5/c1-53(43,44)38(6-10-8-51-30-24(10)54(45,46)36-26(34-30)18-22(39)16-12-2-4-14(49-12)20(16)32-28(18)41)7-11-9-52-31-25(11)55(47,48)37-27(35-31)19-23(40)17-13-3-5-15(50-13)21(17)33-29(19)42/h8-9,12-21H,2-7H2,1H3,(H,32,41)(H,33,42)(H,34,36)(H,35,37). The lowest BCUT2D eigenvalue weighted by Crippen LogP contribution is -2.61. The van der Waals surface area contributed by atoms with Crippen LogP contribution >= 0.6 is 22.7 Å². The predicted molar refractivity (Wildman–Crippen MR) is 193 cm³/mol. The van der Waals surface area contributed by atoms with E-state index in [1.165, 1.54) is 10.8 Å². The number of sulfonamides is 3. The lowest BCUT2D eigenvalue weighted by molar-refractivity contribution is -0.140. The van der Waals surface area contributed by atoms with Crippen LogP contribution < -0.4 is 21.3 Å². The van der Waals surface area contributed by atoms with Gasteiger partial charge in [-0.15, -0.1) is 31.5 Å². The Morgan fingerprint density at radius 3 is 1.51 bits per heavy atom. The lowest BCUT2D eigenvalue weighted by atomic mass is 9.74. The van der Waals surface area contributed by atoms with Gasteiger partial charge in [-0.3, -0.25) is 19.2 Å². The van der Waals surface area contributed by atoms with Gasteiger partial charge in [0.25, 0.3) is 20.0 Å². The Balaban J connectivity index is 0.902. The summed E-state index contributed by atoms with van der Waals surface area (Å²) in [6, 6.07) is -0.967. The first kappa shape index (κ1) is 35.7. The number of rotatable bonds is 7. The van der Waals surface area contributed by atoms with Crippen molar-refractivity contribution in [3.8, 4) is 0 Å². The molecule has 2 amide bonds. The molecule has 0 aromatic carbocycles. The second-order valence-corrected chi connectivity index (χ2v) is 21.7. The van der Waals surface area contributed by atoms with Gasteiger partial charge in [0.2, 0.25) is 21.8 Å². The van der Waals surface area contributed by atoms with E-state index >= 15 is 0 Å². The van der Waals surface area contributed by atoms with Gasteiger partial charge in [-0.2, -0.15) is 21.1 Å². The largest absolute Gasteiger partial charge is 0.372 e. The number of ether oxygens (including phenoxy) is 2. The van der Waals surface area contributed by atoms with E-state index in [-0.39, 0.29) is 67.0 Å². The Morgan fingerprint density at radius 2 is 1.11 bits per heavy atom. The molecule has 4 N–H and O–H groups in total. The van der Waals surface area contributed by atoms with Gasteiger partial charge in [0, 0.05) is 24.2 Å². The summed E-state index contributed by atoms with van der Waals surface area (Å²) in [5.74, 6) is -7.34. The summed E-state index contributed by atoms with van der Waals surface area (Å²) in [6.45, 7) is -1.03. The van der Waals surface area contributed by atoms with Crippen LogP contribution in [0.2, 0.25) is 0 Å². The van der Waals surface area contributed by atoms with Gasteiger partial charge in [0.15, 0.2) is 23.4 Å². The number of hydrogen-bond acceptors (Lipinski definition) is 16. The number of amidine groups is 2.